The molecule has 1 aromatic rings. The molecule has 2 atom stereocenters. The van der Waals surface area contributed by atoms with Gasteiger partial charge in [-0.25, -0.2) is 13.4 Å². The summed E-state index contributed by atoms with van der Waals surface area (Å²) in [5.41, 5.74) is 0.613. The number of rotatable bonds is 4. The fourth-order valence-corrected chi connectivity index (χ4v) is 4.72. The van der Waals surface area contributed by atoms with Crippen molar-refractivity contribution in [3.05, 3.63) is 18.3 Å². The van der Waals surface area contributed by atoms with Gasteiger partial charge < -0.3 is 15.0 Å². The topological polar surface area (TPSA) is 88.6 Å². The number of nitrogens with one attached hydrogen (secondary N) is 1. The molecule has 0 spiro atoms. The third kappa shape index (κ3) is 3.81. The number of aromatic nitrogens is 1. The number of amides is 1. The standard InChI is InChI=1S/C15H21N3O4S/c1-18(12-6-8-23(20,21)10-12)14-5-4-11(9-16-14)17-15(19)13-3-2-7-22-13/h4-5,9,12-13H,2-3,6-8,10H2,1H3,(H,17,19). The molecule has 0 bridgehead atoms. The Morgan fingerprint density at radius 1 is 1.39 bits per heavy atom. The van der Waals surface area contributed by atoms with E-state index in [1.165, 1.54) is 0 Å². The molecule has 2 fully saturated rings. The van der Waals surface area contributed by atoms with Crippen LogP contribution in [0.5, 0.6) is 0 Å². The lowest BCUT2D eigenvalue weighted by molar-refractivity contribution is -0.124. The Labute approximate surface area is 135 Å². The number of hydrogen-bond acceptors (Lipinski definition) is 6. The Bertz CT molecular complexity index is 668. The van der Waals surface area contributed by atoms with Crippen molar-refractivity contribution in [3.63, 3.8) is 0 Å². The van der Waals surface area contributed by atoms with E-state index >= 15 is 0 Å². The van der Waals surface area contributed by atoms with Crippen LogP contribution < -0.4 is 10.2 Å². The van der Waals surface area contributed by atoms with Crippen LogP contribution in [0.1, 0.15) is 19.3 Å². The van der Waals surface area contributed by atoms with Gasteiger partial charge in [0, 0.05) is 19.7 Å². The molecule has 7 nitrogen and oxygen atoms in total. The average molecular weight is 339 g/mol. The summed E-state index contributed by atoms with van der Waals surface area (Å²) >= 11 is 0. The molecule has 3 rings (SSSR count). The molecule has 2 aliphatic rings. The molecule has 2 unspecified atom stereocenters. The first-order valence-corrected chi connectivity index (χ1v) is 9.58. The highest BCUT2D eigenvalue weighted by molar-refractivity contribution is 7.91. The van der Waals surface area contributed by atoms with Gasteiger partial charge in [0.15, 0.2) is 9.84 Å². The van der Waals surface area contributed by atoms with Gasteiger partial charge in [-0.1, -0.05) is 0 Å². The number of hydrogen-bond donors (Lipinski definition) is 1. The van der Waals surface area contributed by atoms with Gasteiger partial charge in [-0.05, 0) is 31.4 Å². The van der Waals surface area contributed by atoms with Gasteiger partial charge in [0.1, 0.15) is 11.9 Å². The van der Waals surface area contributed by atoms with E-state index < -0.39 is 9.84 Å². The highest BCUT2D eigenvalue weighted by Crippen LogP contribution is 2.22. The fraction of sp³-hybridized carbons (Fsp3) is 0.600. The van der Waals surface area contributed by atoms with Gasteiger partial charge in [0.2, 0.25) is 0 Å². The van der Waals surface area contributed by atoms with E-state index in [1.54, 1.807) is 18.3 Å². The zero-order chi connectivity index (χ0) is 16.4. The van der Waals surface area contributed by atoms with Crippen LogP contribution in [0.25, 0.3) is 0 Å². The molecule has 0 aliphatic carbocycles. The summed E-state index contributed by atoms with van der Waals surface area (Å²) in [7, 11) is -1.08. The van der Waals surface area contributed by atoms with Crippen molar-refractivity contribution in [3.8, 4) is 0 Å². The predicted molar refractivity (Wildman–Crippen MR) is 87.3 cm³/mol. The Balaban J connectivity index is 1.61. The van der Waals surface area contributed by atoms with Crippen molar-refractivity contribution in [2.45, 2.75) is 31.4 Å². The molecular formula is C15H21N3O4S. The molecule has 23 heavy (non-hydrogen) atoms. The normalized spacial score (nSPS) is 26.1. The minimum Gasteiger partial charge on any atom is -0.368 e. The van der Waals surface area contributed by atoms with Crippen molar-refractivity contribution in [1.82, 2.24) is 4.98 Å². The van der Waals surface area contributed by atoms with E-state index in [9.17, 15) is 13.2 Å². The first-order valence-electron chi connectivity index (χ1n) is 7.76. The summed E-state index contributed by atoms with van der Waals surface area (Å²) in [6, 6.07) is 3.52. The van der Waals surface area contributed by atoms with Gasteiger partial charge in [-0.3, -0.25) is 4.79 Å². The molecule has 1 aromatic heterocycles. The maximum absolute atomic E-state index is 12.0. The number of carbonyl (C=O) groups excluding carboxylic acids is 1. The van der Waals surface area contributed by atoms with Gasteiger partial charge in [0.05, 0.1) is 23.4 Å². The van der Waals surface area contributed by atoms with E-state index in [2.05, 4.69) is 10.3 Å². The zero-order valence-electron chi connectivity index (χ0n) is 13.1. The minimum atomic E-state index is -2.92. The number of carbonyl (C=O) groups is 1. The smallest absolute Gasteiger partial charge is 0.253 e. The summed E-state index contributed by atoms with van der Waals surface area (Å²) < 4.78 is 28.5. The van der Waals surface area contributed by atoms with E-state index in [1.807, 2.05) is 11.9 Å². The summed E-state index contributed by atoms with van der Waals surface area (Å²) in [6.07, 6.45) is 3.49. The van der Waals surface area contributed by atoms with Crippen LogP contribution in [0.3, 0.4) is 0 Å². The lowest BCUT2D eigenvalue weighted by atomic mass is 10.2. The maximum Gasteiger partial charge on any atom is 0.253 e. The second kappa shape index (κ2) is 6.45. The Morgan fingerprint density at radius 2 is 2.22 bits per heavy atom. The Hall–Kier alpha value is -1.67. The SMILES string of the molecule is CN(c1ccc(NC(=O)C2CCCO2)cn1)C1CCS(=O)(=O)C1. The molecule has 0 aromatic carbocycles. The molecule has 0 radical (unpaired) electrons. The Morgan fingerprint density at radius 3 is 2.78 bits per heavy atom. The van der Waals surface area contributed by atoms with E-state index in [0.29, 0.717) is 24.5 Å². The fourth-order valence-electron chi connectivity index (χ4n) is 2.94. The van der Waals surface area contributed by atoms with Crippen LogP contribution in [0, 0.1) is 0 Å². The van der Waals surface area contributed by atoms with E-state index in [4.69, 9.17) is 4.74 Å². The minimum absolute atomic E-state index is 0.0418. The summed E-state index contributed by atoms with van der Waals surface area (Å²) in [4.78, 5) is 18.2. The third-order valence-electron chi connectivity index (χ3n) is 4.36. The van der Waals surface area contributed by atoms with Crippen molar-refractivity contribution in [2.75, 3.05) is 35.4 Å². The predicted octanol–water partition coefficient (Wildman–Crippen LogP) is 0.822. The molecule has 2 saturated heterocycles. The highest BCUT2D eigenvalue weighted by atomic mass is 32.2. The second-order valence-corrected chi connectivity index (χ2v) is 8.29. The van der Waals surface area contributed by atoms with Gasteiger partial charge >= 0.3 is 0 Å². The second-order valence-electron chi connectivity index (χ2n) is 6.06. The Kier molecular flexibility index (Phi) is 4.54. The number of ether oxygens (including phenoxy) is 1. The third-order valence-corrected chi connectivity index (χ3v) is 6.11. The van der Waals surface area contributed by atoms with Gasteiger partial charge in [-0.2, -0.15) is 0 Å². The number of pyridine rings is 1. The van der Waals surface area contributed by atoms with Crippen LogP contribution >= 0.6 is 0 Å². The first-order chi connectivity index (χ1) is 10.9. The van der Waals surface area contributed by atoms with Crippen molar-refractivity contribution in [1.29, 1.82) is 0 Å². The number of sulfone groups is 1. The summed E-state index contributed by atoms with van der Waals surface area (Å²) in [5, 5.41) is 2.79. The number of anilines is 2. The van der Waals surface area contributed by atoms with Crippen molar-refractivity contribution < 1.29 is 17.9 Å². The monoisotopic (exact) mass is 339 g/mol. The van der Waals surface area contributed by atoms with Crippen LogP contribution in [-0.2, 0) is 19.4 Å². The van der Waals surface area contributed by atoms with Gasteiger partial charge in [-0.15, -0.1) is 0 Å². The van der Waals surface area contributed by atoms with Gasteiger partial charge in [0.25, 0.3) is 5.91 Å². The molecule has 126 valence electrons. The molecule has 8 heteroatoms. The van der Waals surface area contributed by atoms with E-state index in [0.717, 1.165) is 12.8 Å². The summed E-state index contributed by atoms with van der Waals surface area (Å²) in [6.45, 7) is 0.629. The maximum atomic E-state index is 12.0. The molecule has 1 N–H and O–H groups in total. The van der Waals surface area contributed by atoms with E-state index in [-0.39, 0.29) is 29.6 Å². The average Bonchev–Trinajstić information content (AvgIpc) is 3.17. The van der Waals surface area contributed by atoms with Crippen molar-refractivity contribution >= 4 is 27.2 Å². The molecule has 3 heterocycles. The van der Waals surface area contributed by atoms with Crippen LogP contribution in [0.2, 0.25) is 0 Å². The molecule has 1 amide bonds. The van der Waals surface area contributed by atoms with Crippen LogP contribution in [0.15, 0.2) is 18.3 Å². The van der Waals surface area contributed by atoms with Crippen molar-refractivity contribution in [2.24, 2.45) is 0 Å². The summed E-state index contributed by atoms with van der Waals surface area (Å²) in [5.74, 6) is 0.953. The lowest BCUT2D eigenvalue weighted by Crippen LogP contribution is -2.33. The van der Waals surface area contributed by atoms with Crippen LogP contribution in [-0.4, -0.2) is 56.6 Å². The molecular weight excluding hydrogens is 318 g/mol. The number of nitrogens with zero attached hydrogens (tertiary/aromatic N) is 2. The molecule has 2 aliphatic heterocycles. The lowest BCUT2D eigenvalue weighted by Gasteiger charge is -2.24. The first kappa shape index (κ1) is 16.2. The largest absolute Gasteiger partial charge is 0.368 e. The highest BCUT2D eigenvalue weighted by Gasteiger charge is 2.31. The quantitative estimate of drug-likeness (QED) is 0.874. The zero-order valence-corrected chi connectivity index (χ0v) is 13.9. The molecule has 0 saturated carbocycles. The van der Waals surface area contributed by atoms with Crippen LogP contribution in [0.4, 0.5) is 11.5 Å².